The van der Waals surface area contributed by atoms with Crippen LogP contribution in [-0.4, -0.2) is 19.7 Å². The highest BCUT2D eigenvalue weighted by atomic mass is 19.3. The van der Waals surface area contributed by atoms with E-state index in [9.17, 15) is 8.78 Å². The number of fused-ring (bicyclic) bond motifs is 1. The van der Waals surface area contributed by atoms with Crippen LogP contribution in [0, 0.1) is 0 Å². The van der Waals surface area contributed by atoms with Gasteiger partial charge in [0.05, 0.1) is 11.7 Å². The highest BCUT2D eigenvalue weighted by molar-refractivity contribution is 5.80. The first kappa shape index (κ1) is 12.8. The lowest BCUT2D eigenvalue weighted by molar-refractivity contribution is 0.146. The number of imidazole rings is 1. The predicted octanol–water partition coefficient (Wildman–Crippen LogP) is 3.81. The Balaban J connectivity index is 2.16. The van der Waals surface area contributed by atoms with Crippen LogP contribution in [-0.2, 0) is 0 Å². The second-order valence-corrected chi connectivity index (χ2v) is 4.99. The molecule has 2 heterocycles. The summed E-state index contributed by atoms with van der Waals surface area (Å²) < 4.78 is 27.4. The lowest BCUT2D eigenvalue weighted by Crippen LogP contribution is -2.01. The van der Waals surface area contributed by atoms with Gasteiger partial charge in [0.1, 0.15) is 11.5 Å². The molecule has 0 radical (unpaired) electrons. The van der Waals surface area contributed by atoms with Gasteiger partial charge in [-0.25, -0.2) is 13.8 Å². The second kappa shape index (κ2) is 4.70. The third-order valence-electron chi connectivity index (χ3n) is 3.19. The van der Waals surface area contributed by atoms with Crippen LogP contribution in [0.4, 0.5) is 8.78 Å². The largest absolute Gasteiger partial charge is 0.303 e. The fourth-order valence-electron chi connectivity index (χ4n) is 2.21. The van der Waals surface area contributed by atoms with E-state index in [0.29, 0.717) is 5.82 Å². The van der Waals surface area contributed by atoms with Crippen molar-refractivity contribution in [2.24, 2.45) is 0 Å². The van der Waals surface area contributed by atoms with Crippen LogP contribution in [0.5, 0.6) is 0 Å². The molecule has 0 amide bonds. The molecule has 6 heteroatoms. The summed E-state index contributed by atoms with van der Waals surface area (Å²) >= 11 is 0. The number of aromatic nitrogens is 4. The maximum Gasteiger partial charge on any atom is 0.281 e. The number of nitrogens with one attached hydrogen (secondary N) is 1. The van der Waals surface area contributed by atoms with Gasteiger partial charge < -0.3 is 4.57 Å². The summed E-state index contributed by atoms with van der Waals surface area (Å²) in [4.78, 5) is 4.04. The Kier molecular flexibility index (Phi) is 3.00. The lowest BCUT2D eigenvalue weighted by Gasteiger charge is -2.10. The van der Waals surface area contributed by atoms with Crippen molar-refractivity contribution >= 4 is 10.9 Å². The average molecular weight is 276 g/mol. The van der Waals surface area contributed by atoms with Gasteiger partial charge in [-0.05, 0) is 18.2 Å². The first-order chi connectivity index (χ1) is 9.56. The number of hydrogen-bond donors (Lipinski definition) is 1. The van der Waals surface area contributed by atoms with Crippen molar-refractivity contribution in [2.75, 3.05) is 0 Å². The fourth-order valence-corrected chi connectivity index (χ4v) is 2.21. The van der Waals surface area contributed by atoms with Gasteiger partial charge in [0.2, 0.25) is 0 Å². The van der Waals surface area contributed by atoms with Gasteiger partial charge in [-0.15, -0.1) is 0 Å². The zero-order valence-electron chi connectivity index (χ0n) is 11.1. The molecule has 0 aliphatic carbocycles. The number of H-pyrrole nitrogens is 1. The van der Waals surface area contributed by atoms with Crippen LogP contribution in [0.3, 0.4) is 0 Å². The van der Waals surface area contributed by atoms with Gasteiger partial charge in [0, 0.05) is 23.2 Å². The van der Waals surface area contributed by atoms with Crippen molar-refractivity contribution < 1.29 is 8.78 Å². The van der Waals surface area contributed by atoms with Crippen LogP contribution < -0.4 is 0 Å². The van der Waals surface area contributed by atoms with E-state index in [1.54, 1.807) is 10.8 Å². The zero-order valence-corrected chi connectivity index (χ0v) is 11.1. The topological polar surface area (TPSA) is 46.5 Å². The molecule has 0 spiro atoms. The first-order valence-electron chi connectivity index (χ1n) is 6.37. The number of aromatic amines is 1. The molecule has 20 heavy (non-hydrogen) atoms. The molecule has 3 rings (SSSR count). The van der Waals surface area contributed by atoms with Gasteiger partial charge in [0.15, 0.2) is 0 Å². The molecule has 0 atom stereocenters. The summed E-state index contributed by atoms with van der Waals surface area (Å²) in [5, 5.41) is 7.76. The van der Waals surface area contributed by atoms with Crippen molar-refractivity contribution in [1.29, 1.82) is 0 Å². The smallest absolute Gasteiger partial charge is 0.281 e. The molecule has 1 aromatic carbocycles. The fraction of sp³-hybridized carbons (Fsp3) is 0.286. The minimum Gasteiger partial charge on any atom is -0.303 e. The van der Waals surface area contributed by atoms with Crippen molar-refractivity contribution in [2.45, 2.75) is 26.2 Å². The van der Waals surface area contributed by atoms with E-state index < -0.39 is 6.43 Å². The van der Waals surface area contributed by atoms with E-state index in [0.717, 1.165) is 16.6 Å². The summed E-state index contributed by atoms with van der Waals surface area (Å²) in [5.41, 5.74) is 1.53. The molecular formula is C14H14F2N4. The number of alkyl halides is 2. The molecule has 0 fully saturated rings. The van der Waals surface area contributed by atoms with Gasteiger partial charge in [-0.2, -0.15) is 5.10 Å². The molecule has 3 aromatic rings. The Bertz CT molecular complexity index is 743. The van der Waals surface area contributed by atoms with Gasteiger partial charge in [0.25, 0.3) is 6.43 Å². The summed E-state index contributed by atoms with van der Waals surface area (Å²) in [6.45, 7) is 3.87. The Hall–Kier alpha value is -2.24. The number of benzene rings is 1. The molecule has 0 aliphatic heterocycles. The van der Waals surface area contributed by atoms with Crippen LogP contribution in [0.2, 0.25) is 0 Å². The molecule has 0 aliphatic rings. The second-order valence-electron chi connectivity index (χ2n) is 4.99. The average Bonchev–Trinajstić information content (AvgIpc) is 3.04. The van der Waals surface area contributed by atoms with Gasteiger partial charge in [-0.1, -0.05) is 13.8 Å². The lowest BCUT2D eigenvalue weighted by atomic mass is 10.2. The number of halogens is 2. The molecular weight excluding hydrogens is 262 g/mol. The zero-order chi connectivity index (χ0) is 14.3. The maximum atomic E-state index is 12.9. The minimum atomic E-state index is -2.56. The van der Waals surface area contributed by atoms with Gasteiger partial charge >= 0.3 is 0 Å². The maximum absolute atomic E-state index is 12.9. The monoisotopic (exact) mass is 276 g/mol. The van der Waals surface area contributed by atoms with Crippen molar-refractivity contribution in [3.63, 3.8) is 0 Å². The van der Waals surface area contributed by atoms with Crippen molar-refractivity contribution in [3.05, 3.63) is 42.1 Å². The van der Waals surface area contributed by atoms with E-state index >= 15 is 0 Å². The van der Waals surface area contributed by atoms with E-state index in [4.69, 9.17) is 0 Å². The summed E-state index contributed by atoms with van der Waals surface area (Å²) in [6, 6.07) is 5.65. The predicted molar refractivity (Wildman–Crippen MR) is 72.3 cm³/mol. The van der Waals surface area contributed by atoms with Crippen LogP contribution in [0.15, 0.2) is 30.6 Å². The Labute approximate surface area is 114 Å². The summed E-state index contributed by atoms with van der Waals surface area (Å²) in [5.74, 6) is 0.686. The third-order valence-corrected chi connectivity index (χ3v) is 3.19. The van der Waals surface area contributed by atoms with Crippen LogP contribution >= 0.6 is 0 Å². The molecule has 4 nitrogen and oxygen atoms in total. The first-order valence-corrected chi connectivity index (χ1v) is 6.37. The van der Waals surface area contributed by atoms with E-state index in [2.05, 4.69) is 15.2 Å². The number of rotatable bonds is 3. The molecule has 0 bridgehead atoms. The molecule has 0 unspecified atom stereocenters. The van der Waals surface area contributed by atoms with E-state index in [1.807, 2.05) is 32.0 Å². The molecule has 0 saturated heterocycles. The third kappa shape index (κ3) is 2.07. The SMILES string of the molecule is CC(C)c1nc(C(F)F)cn1-c1ccc2[nH]ncc2c1. The Morgan fingerprint density at radius 2 is 2.05 bits per heavy atom. The van der Waals surface area contributed by atoms with Crippen LogP contribution in [0.25, 0.3) is 16.6 Å². The summed E-state index contributed by atoms with van der Waals surface area (Å²) in [7, 11) is 0. The van der Waals surface area contributed by atoms with Gasteiger partial charge in [-0.3, -0.25) is 5.10 Å². The normalized spacial score (nSPS) is 11.9. The standard InChI is InChI=1S/C14H14F2N4/c1-8(2)14-18-12(13(15)16)7-20(14)10-3-4-11-9(5-10)6-17-19-11/h3-8,13H,1-2H3,(H,17,19). The highest BCUT2D eigenvalue weighted by Crippen LogP contribution is 2.26. The quantitative estimate of drug-likeness (QED) is 0.790. The van der Waals surface area contributed by atoms with Crippen molar-refractivity contribution in [3.8, 4) is 5.69 Å². The minimum absolute atomic E-state index is 0.0579. The Morgan fingerprint density at radius 3 is 2.75 bits per heavy atom. The molecule has 1 N–H and O–H groups in total. The number of nitrogens with zero attached hydrogens (tertiary/aromatic N) is 3. The molecule has 2 aromatic heterocycles. The summed E-state index contributed by atoms with van der Waals surface area (Å²) in [6.07, 6.45) is 0.548. The number of hydrogen-bond acceptors (Lipinski definition) is 2. The van der Waals surface area contributed by atoms with E-state index in [-0.39, 0.29) is 11.6 Å². The molecule has 0 saturated carbocycles. The molecule has 104 valence electrons. The highest BCUT2D eigenvalue weighted by Gasteiger charge is 2.18. The van der Waals surface area contributed by atoms with E-state index in [1.165, 1.54) is 6.20 Å². The Morgan fingerprint density at radius 1 is 1.25 bits per heavy atom. The van der Waals surface area contributed by atoms with Crippen molar-refractivity contribution in [1.82, 2.24) is 19.7 Å². The van der Waals surface area contributed by atoms with Crippen LogP contribution in [0.1, 0.15) is 37.7 Å².